The van der Waals surface area contributed by atoms with E-state index in [4.69, 9.17) is 20.9 Å². The van der Waals surface area contributed by atoms with Crippen molar-refractivity contribution in [1.29, 1.82) is 0 Å². The average molecular weight is 224 g/mol. The van der Waals surface area contributed by atoms with E-state index in [2.05, 4.69) is 4.76 Å². The molecular weight excluding hydrogens is 207 g/mol. The van der Waals surface area contributed by atoms with Crippen molar-refractivity contribution in [3.05, 3.63) is 0 Å². The molecule has 0 bridgehead atoms. The van der Waals surface area contributed by atoms with Gasteiger partial charge in [0, 0.05) is 14.1 Å². The van der Waals surface area contributed by atoms with Crippen molar-refractivity contribution >= 4 is 24.8 Å². The summed E-state index contributed by atoms with van der Waals surface area (Å²) in [6.45, 7) is 2.41. The molecule has 0 aromatic carbocycles. The van der Waals surface area contributed by atoms with E-state index in [0.29, 0.717) is 13.2 Å². The highest BCUT2D eigenvalue weighted by molar-refractivity contribution is 8.09. The van der Waals surface area contributed by atoms with E-state index in [9.17, 15) is 0 Å². The Morgan fingerprint density at radius 1 is 1.31 bits per heavy atom. The summed E-state index contributed by atoms with van der Waals surface area (Å²) in [4.78, 5) is 1.80. The first kappa shape index (κ1) is 13.0. The van der Waals surface area contributed by atoms with Crippen LogP contribution in [0.2, 0.25) is 0 Å². The maximum Gasteiger partial charge on any atom is 0.310 e. The minimum absolute atomic E-state index is 0.530. The lowest BCUT2D eigenvalue weighted by Gasteiger charge is -2.16. The Morgan fingerprint density at radius 3 is 2.08 bits per heavy atom. The number of rotatable bonds is 6. The number of nitrogens with zero attached hydrogens (tertiary/aromatic N) is 2. The topological polar surface area (TPSA) is 34.1 Å². The second kappa shape index (κ2) is 6.49. The van der Waals surface area contributed by atoms with Crippen LogP contribution in [0.3, 0.4) is 0 Å². The lowest BCUT2D eigenvalue weighted by Crippen LogP contribution is -2.08. The maximum absolute atomic E-state index is 5.30. The van der Waals surface area contributed by atoms with Crippen LogP contribution >= 0.6 is 6.64 Å². The van der Waals surface area contributed by atoms with E-state index in [-0.39, 0.29) is 0 Å². The van der Waals surface area contributed by atoms with Crippen molar-refractivity contribution in [2.24, 2.45) is 4.76 Å². The minimum Gasteiger partial charge on any atom is -0.369 e. The van der Waals surface area contributed by atoms with Crippen LogP contribution in [-0.2, 0) is 20.9 Å². The zero-order valence-corrected chi connectivity index (χ0v) is 10.3. The molecule has 0 rings (SSSR count). The molecule has 78 valence electrons. The SMILES string of the molecule is CCOP(=S)(/N=C\N(C)C)OCC. The minimum atomic E-state index is -2.41. The summed E-state index contributed by atoms with van der Waals surface area (Å²) in [5.74, 6) is 0. The normalized spacial score (nSPS) is 12.3. The first-order chi connectivity index (χ1) is 6.04. The lowest BCUT2D eigenvalue weighted by atomic mass is 10.9. The summed E-state index contributed by atoms with van der Waals surface area (Å²) in [6.07, 6.45) is 1.63. The summed E-state index contributed by atoms with van der Waals surface area (Å²) in [5, 5.41) is 0. The highest BCUT2D eigenvalue weighted by Gasteiger charge is 2.14. The Kier molecular flexibility index (Phi) is 6.51. The molecule has 0 N–H and O–H groups in total. The smallest absolute Gasteiger partial charge is 0.310 e. The Hall–Kier alpha value is 0.0400. The molecule has 6 heteroatoms. The fourth-order valence-corrected chi connectivity index (χ4v) is 2.55. The van der Waals surface area contributed by atoms with Crippen molar-refractivity contribution < 1.29 is 9.05 Å². The Morgan fingerprint density at radius 2 is 1.77 bits per heavy atom. The summed E-state index contributed by atoms with van der Waals surface area (Å²) >= 11 is 5.16. The van der Waals surface area contributed by atoms with Gasteiger partial charge in [0.2, 0.25) is 0 Å². The molecule has 0 atom stereocenters. The molecule has 0 aliphatic rings. The third-order valence-electron chi connectivity index (χ3n) is 1.01. The van der Waals surface area contributed by atoms with E-state index < -0.39 is 6.64 Å². The molecule has 0 heterocycles. The van der Waals surface area contributed by atoms with Crippen molar-refractivity contribution in [2.45, 2.75) is 13.8 Å². The fraction of sp³-hybridized carbons (Fsp3) is 0.857. The van der Waals surface area contributed by atoms with Gasteiger partial charge in [-0.15, -0.1) is 0 Å². The second-order valence-corrected chi connectivity index (χ2v) is 5.57. The summed E-state index contributed by atoms with van der Waals surface area (Å²) in [6, 6.07) is 0. The highest BCUT2D eigenvalue weighted by atomic mass is 32.5. The van der Waals surface area contributed by atoms with Crippen molar-refractivity contribution in [3.8, 4) is 0 Å². The number of hydrogen-bond acceptors (Lipinski definition) is 3. The standard InChI is InChI=1S/C7H17N2O2PS/c1-5-10-12(13,11-6-2)8-7-9(3)4/h7H,5-6H2,1-4H3/b8-7-. The van der Waals surface area contributed by atoms with Crippen LogP contribution in [0, 0.1) is 0 Å². The van der Waals surface area contributed by atoms with Crippen LogP contribution in [0.4, 0.5) is 0 Å². The van der Waals surface area contributed by atoms with Gasteiger partial charge in [-0.05, 0) is 25.7 Å². The van der Waals surface area contributed by atoms with E-state index in [0.717, 1.165) is 0 Å². The van der Waals surface area contributed by atoms with Gasteiger partial charge < -0.3 is 13.9 Å². The van der Waals surface area contributed by atoms with Gasteiger partial charge in [0.05, 0.1) is 19.6 Å². The molecule has 0 unspecified atom stereocenters. The first-order valence-corrected chi connectivity index (χ1v) is 6.74. The molecule has 0 aliphatic carbocycles. The van der Waals surface area contributed by atoms with Crippen LogP contribution in [0.25, 0.3) is 0 Å². The van der Waals surface area contributed by atoms with E-state index in [1.807, 2.05) is 27.9 Å². The second-order valence-electron chi connectivity index (χ2n) is 2.50. The Labute approximate surface area is 85.2 Å². The molecule has 0 saturated carbocycles. The van der Waals surface area contributed by atoms with Crippen LogP contribution < -0.4 is 0 Å². The molecule has 0 fully saturated rings. The predicted octanol–water partition coefficient (Wildman–Crippen LogP) is 1.87. The zero-order valence-electron chi connectivity index (χ0n) is 8.56. The zero-order chi connectivity index (χ0) is 10.3. The summed E-state index contributed by atoms with van der Waals surface area (Å²) in [7, 11) is 3.75. The van der Waals surface area contributed by atoms with Gasteiger partial charge in [0.25, 0.3) is 0 Å². The van der Waals surface area contributed by atoms with Gasteiger partial charge in [-0.1, -0.05) is 0 Å². The monoisotopic (exact) mass is 224 g/mol. The maximum atomic E-state index is 5.30. The Balaban J connectivity index is 4.31. The van der Waals surface area contributed by atoms with E-state index in [1.165, 1.54) is 0 Å². The van der Waals surface area contributed by atoms with Crippen molar-refractivity contribution in [3.63, 3.8) is 0 Å². The molecule has 0 saturated heterocycles. The molecule has 4 nitrogen and oxygen atoms in total. The van der Waals surface area contributed by atoms with Crippen molar-refractivity contribution in [1.82, 2.24) is 4.90 Å². The fourth-order valence-electron chi connectivity index (χ4n) is 0.597. The third-order valence-corrected chi connectivity index (χ3v) is 3.48. The first-order valence-electron chi connectivity index (χ1n) is 4.15. The van der Waals surface area contributed by atoms with Gasteiger partial charge in [0.15, 0.2) is 0 Å². The highest BCUT2D eigenvalue weighted by Crippen LogP contribution is 2.49. The molecular formula is C7H17N2O2PS. The largest absolute Gasteiger partial charge is 0.369 e. The molecule has 13 heavy (non-hydrogen) atoms. The van der Waals surface area contributed by atoms with E-state index in [1.54, 1.807) is 11.2 Å². The predicted molar refractivity (Wildman–Crippen MR) is 59.7 cm³/mol. The molecule has 0 amide bonds. The van der Waals surface area contributed by atoms with Gasteiger partial charge in [-0.3, -0.25) is 0 Å². The van der Waals surface area contributed by atoms with Gasteiger partial charge in [-0.25, -0.2) is 0 Å². The van der Waals surface area contributed by atoms with Crippen LogP contribution in [0.15, 0.2) is 4.76 Å². The lowest BCUT2D eigenvalue weighted by molar-refractivity contribution is 0.267. The van der Waals surface area contributed by atoms with Gasteiger partial charge >= 0.3 is 6.64 Å². The molecule has 0 radical (unpaired) electrons. The van der Waals surface area contributed by atoms with Crippen molar-refractivity contribution in [2.75, 3.05) is 27.3 Å². The summed E-state index contributed by atoms with van der Waals surface area (Å²) in [5.41, 5.74) is 0. The molecule has 0 spiro atoms. The average Bonchev–Trinajstić information content (AvgIpc) is 2.02. The number of hydrogen-bond donors (Lipinski definition) is 0. The van der Waals surface area contributed by atoms with Gasteiger partial charge in [-0.2, -0.15) is 4.76 Å². The molecule has 0 aromatic rings. The Bertz CT molecular complexity index is 199. The molecule has 0 aromatic heterocycles. The van der Waals surface area contributed by atoms with Crippen LogP contribution in [0.1, 0.15) is 13.8 Å². The quantitative estimate of drug-likeness (QED) is 0.392. The van der Waals surface area contributed by atoms with Crippen LogP contribution in [-0.4, -0.2) is 38.5 Å². The van der Waals surface area contributed by atoms with Crippen LogP contribution in [0.5, 0.6) is 0 Å². The third kappa shape index (κ3) is 6.16. The van der Waals surface area contributed by atoms with E-state index >= 15 is 0 Å². The van der Waals surface area contributed by atoms with Gasteiger partial charge in [0.1, 0.15) is 0 Å². The molecule has 0 aliphatic heterocycles. The summed E-state index contributed by atoms with van der Waals surface area (Å²) < 4.78 is 14.7.